The van der Waals surface area contributed by atoms with Gasteiger partial charge in [0.25, 0.3) is 17.4 Å². The number of aromatic hydroxyl groups is 1. The molecule has 53 heavy (non-hydrogen) atoms. The van der Waals surface area contributed by atoms with Gasteiger partial charge in [0.1, 0.15) is 16.9 Å². The molecule has 0 aliphatic carbocycles. The minimum Gasteiger partial charge on any atom is -0.508 e. The van der Waals surface area contributed by atoms with E-state index < -0.39 is 17.2 Å². The number of para-hydroxylation sites is 1. The van der Waals surface area contributed by atoms with Crippen molar-refractivity contribution in [3.8, 4) is 40.1 Å². The highest BCUT2D eigenvalue weighted by Crippen LogP contribution is 2.46. The summed E-state index contributed by atoms with van der Waals surface area (Å²) in [6, 6.07) is 31.4. The lowest BCUT2D eigenvalue weighted by molar-refractivity contribution is -0.128. The highest BCUT2D eigenvalue weighted by molar-refractivity contribution is 8.04. The number of carbonyl (C=O) groups excluding carboxylic acids is 2. The number of rotatable bonds is 9. The van der Waals surface area contributed by atoms with Crippen LogP contribution in [0.3, 0.4) is 0 Å². The third-order valence-corrected chi connectivity index (χ3v) is 10.0. The maximum atomic E-state index is 14.0. The Morgan fingerprint density at radius 3 is 2.15 bits per heavy atom. The zero-order chi connectivity index (χ0) is 37.2. The van der Waals surface area contributed by atoms with E-state index in [0.717, 1.165) is 11.1 Å². The fourth-order valence-electron chi connectivity index (χ4n) is 6.05. The minimum absolute atomic E-state index is 0.0678. The summed E-state index contributed by atoms with van der Waals surface area (Å²) in [4.78, 5) is 46.9. The molecule has 2 N–H and O–H groups in total. The largest absolute Gasteiger partial charge is 0.508 e. The van der Waals surface area contributed by atoms with Crippen LogP contribution in [0.5, 0.6) is 23.0 Å². The molecule has 2 heterocycles. The number of ether oxygens (including phenoxy) is 3. The van der Waals surface area contributed by atoms with Crippen LogP contribution in [0.2, 0.25) is 0 Å². The van der Waals surface area contributed by atoms with E-state index in [-0.39, 0.29) is 16.9 Å². The first-order valence-corrected chi connectivity index (χ1v) is 17.4. The molecule has 1 unspecified atom stereocenters. The Labute approximate surface area is 309 Å². The number of fused-ring (bicyclic) bond motifs is 1. The fourth-order valence-corrected chi connectivity index (χ4v) is 7.24. The topological polar surface area (TPSA) is 132 Å². The lowest BCUT2D eigenvalue weighted by Crippen LogP contribution is -2.44. The van der Waals surface area contributed by atoms with Crippen LogP contribution in [-0.4, -0.2) is 52.8 Å². The molecule has 0 radical (unpaired) electrons. The van der Waals surface area contributed by atoms with Crippen molar-refractivity contribution in [2.24, 2.45) is 0 Å². The molecule has 1 saturated heterocycles. The average molecular weight is 727 g/mol. The Bertz CT molecular complexity index is 2420. The van der Waals surface area contributed by atoms with Gasteiger partial charge in [-0.05, 0) is 84.8 Å². The first-order valence-electron chi connectivity index (χ1n) is 16.5. The predicted octanol–water partition coefficient (Wildman–Crippen LogP) is 7.05. The number of amides is 2. The van der Waals surface area contributed by atoms with Crippen molar-refractivity contribution < 1.29 is 28.9 Å². The van der Waals surface area contributed by atoms with Gasteiger partial charge in [0.2, 0.25) is 5.75 Å². The SMILES string of the molecule is COc1cc(/C=C2\SC(c3ccc(O)cc3)N(NC(=O)c3ccc(-n4c(-c5ccc(C)cc5)nc5ccccc5c4=O)cc3)C2=O)cc(OC)c1OC. The molecule has 1 aliphatic heterocycles. The second kappa shape index (κ2) is 14.6. The van der Waals surface area contributed by atoms with E-state index >= 15 is 0 Å². The predicted molar refractivity (Wildman–Crippen MR) is 204 cm³/mol. The molecule has 1 atom stereocenters. The summed E-state index contributed by atoms with van der Waals surface area (Å²) in [6.07, 6.45) is 1.69. The van der Waals surface area contributed by atoms with E-state index in [1.807, 2.05) is 37.3 Å². The molecule has 1 aliphatic rings. The van der Waals surface area contributed by atoms with E-state index in [0.29, 0.717) is 55.7 Å². The van der Waals surface area contributed by atoms with Crippen molar-refractivity contribution in [2.75, 3.05) is 21.3 Å². The lowest BCUT2D eigenvalue weighted by Gasteiger charge is -2.24. The van der Waals surface area contributed by atoms with Gasteiger partial charge in [0, 0.05) is 11.1 Å². The number of aromatic nitrogens is 2. The van der Waals surface area contributed by atoms with Crippen molar-refractivity contribution in [3.63, 3.8) is 0 Å². The molecular weight excluding hydrogens is 693 g/mol. The molecule has 0 bridgehead atoms. The van der Waals surface area contributed by atoms with Crippen molar-refractivity contribution in [2.45, 2.75) is 12.3 Å². The van der Waals surface area contributed by atoms with Crippen molar-refractivity contribution in [3.05, 3.63) is 147 Å². The van der Waals surface area contributed by atoms with Crippen molar-refractivity contribution in [1.29, 1.82) is 0 Å². The number of thioether (sulfide) groups is 1. The number of methoxy groups -OCH3 is 3. The standard InChI is InChI=1S/C41H34N4O7S/c1-24-9-11-26(12-10-24)37-42-32-8-6-5-7-31(32)39(48)44(37)29-17-13-27(14-18-29)38(47)43-45-40(49)35(53-41(45)28-15-19-30(46)20-16-28)23-25-21-33(50-2)36(52-4)34(22-25)51-3/h5-23,41,46H,1-4H3,(H,43,47)/b35-23-. The summed E-state index contributed by atoms with van der Waals surface area (Å²) in [6.45, 7) is 1.99. The lowest BCUT2D eigenvalue weighted by atomic mass is 10.1. The van der Waals surface area contributed by atoms with Gasteiger partial charge in [-0.2, -0.15) is 0 Å². The molecule has 0 saturated carbocycles. The minimum atomic E-state index is -0.654. The number of hydrogen-bond acceptors (Lipinski definition) is 9. The summed E-state index contributed by atoms with van der Waals surface area (Å²) in [5, 5.41) is 11.0. The molecule has 2 amide bonds. The zero-order valence-electron chi connectivity index (χ0n) is 29.2. The zero-order valence-corrected chi connectivity index (χ0v) is 30.0. The normalized spacial score (nSPS) is 14.8. The first kappa shape index (κ1) is 34.9. The van der Waals surface area contributed by atoms with E-state index in [1.54, 1.807) is 72.8 Å². The quantitative estimate of drug-likeness (QED) is 0.151. The number of nitrogens with zero attached hydrogens (tertiary/aromatic N) is 3. The second-order valence-electron chi connectivity index (χ2n) is 12.2. The Morgan fingerprint density at radius 1 is 0.849 bits per heavy atom. The van der Waals surface area contributed by atoms with Crippen LogP contribution in [0.1, 0.15) is 32.4 Å². The smallest absolute Gasteiger partial charge is 0.280 e. The number of hydrogen-bond donors (Lipinski definition) is 2. The molecule has 12 heteroatoms. The molecule has 266 valence electrons. The number of aryl methyl sites for hydroxylation is 1. The van der Waals surface area contributed by atoms with Gasteiger partial charge in [-0.25, -0.2) is 9.99 Å². The molecule has 7 rings (SSSR count). The van der Waals surface area contributed by atoms with Gasteiger partial charge in [0.05, 0.1) is 42.8 Å². The fraction of sp³-hybridized carbons (Fsp3) is 0.122. The highest BCUT2D eigenvalue weighted by Gasteiger charge is 2.39. The summed E-state index contributed by atoms with van der Waals surface area (Å²) in [5.41, 5.74) is 7.04. The molecule has 0 spiro atoms. The second-order valence-corrected chi connectivity index (χ2v) is 13.3. The molecular formula is C41H34N4O7S. The van der Waals surface area contributed by atoms with Crippen molar-refractivity contribution >= 4 is 40.6 Å². The van der Waals surface area contributed by atoms with Crippen LogP contribution in [0, 0.1) is 6.92 Å². The molecule has 5 aromatic carbocycles. The Balaban J connectivity index is 1.22. The number of phenols is 1. The maximum absolute atomic E-state index is 14.0. The van der Waals surface area contributed by atoms with Gasteiger partial charge in [-0.1, -0.05) is 65.9 Å². The van der Waals surface area contributed by atoms with E-state index in [4.69, 9.17) is 19.2 Å². The van der Waals surface area contributed by atoms with Gasteiger partial charge >= 0.3 is 0 Å². The Kier molecular flexibility index (Phi) is 9.62. The van der Waals surface area contributed by atoms with Crippen LogP contribution >= 0.6 is 11.8 Å². The third-order valence-electron chi connectivity index (χ3n) is 8.76. The van der Waals surface area contributed by atoms with Gasteiger partial charge in [-0.3, -0.25) is 24.4 Å². The molecule has 6 aromatic rings. The van der Waals surface area contributed by atoms with E-state index in [9.17, 15) is 19.5 Å². The third kappa shape index (κ3) is 6.79. The number of phenolic OH excluding ortho intramolecular Hbond substituents is 1. The Hall–Kier alpha value is -6.53. The highest BCUT2D eigenvalue weighted by atomic mass is 32.2. The molecule has 1 fully saturated rings. The average Bonchev–Trinajstić information content (AvgIpc) is 3.48. The monoisotopic (exact) mass is 726 g/mol. The molecule has 11 nitrogen and oxygen atoms in total. The van der Waals surface area contributed by atoms with Gasteiger partial charge < -0.3 is 19.3 Å². The summed E-state index contributed by atoms with van der Waals surface area (Å²) < 4.78 is 18.0. The van der Waals surface area contributed by atoms with Crippen LogP contribution < -0.4 is 25.2 Å². The van der Waals surface area contributed by atoms with Gasteiger partial charge in [0.15, 0.2) is 11.5 Å². The van der Waals surface area contributed by atoms with Crippen LogP contribution in [-0.2, 0) is 4.79 Å². The summed E-state index contributed by atoms with van der Waals surface area (Å²) in [7, 11) is 4.52. The number of nitrogens with one attached hydrogen (secondary N) is 1. The maximum Gasteiger partial charge on any atom is 0.280 e. The summed E-state index contributed by atoms with van der Waals surface area (Å²) in [5.74, 6) is 0.815. The van der Waals surface area contributed by atoms with Gasteiger partial charge in [-0.15, -0.1) is 0 Å². The Morgan fingerprint density at radius 2 is 1.51 bits per heavy atom. The summed E-state index contributed by atoms with van der Waals surface area (Å²) >= 11 is 1.24. The van der Waals surface area contributed by atoms with E-state index in [1.165, 1.54) is 54.8 Å². The van der Waals surface area contributed by atoms with E-state index in [2.05, 4.69) is 5.43 Å². The van der Waals surface area contributed by atoms with Crippen LogP contribution in [0.4, 0.5) is 0 Å². The van der Waals surface area contributed by atoms with Crippen LogP contribution in [0.15, 0.2) is 119 Å². The first-order chi connectivity index (χ1) is 25.7. The number of benzene rings is 5. The van der Waals surface area contributed by atoms with Crippen LogP contribution in [0.25, 0.3) is 34.1 Å². The number of hydrazine groups is 1. The molecule has 1 aromatic heterocycles. The van der Waals surface area contributed by atoms with Crippen molar-refractivity contribution in [1.82, 2.24) is 20.0 Å². The number of carbonyl (C=O) groups is 2.